The molecule has 0 fully saturated rings. The van der Waals surface area contributed by atoms with Gasteiger partial charge in [0.1, 0.15) is 10.6 Å². The number of nitriles is 1. The smallest absolute Gasteiger partial charge is 0.267 e. The van der Waals surface area contributed by atoms with Gasteiger partial charge in [-0.05, 0) is 55.0 Å². The highest BCUT2D eigenvalue weighted by Gasteiger charge is 2.23. The van der Waals surface area contributed by atoms with Gasteiger partial charge in [-0.3, -0.25) is 9.36 Å². The van der Waals surface area contributed by atoms with Crippen LogP contribution in [0.2, 0.25) is 0 Å². The zero-order valence-electron chi connectivity index (χ0n) is 17.6. The van der Waals surface area contributed by atoms with Crippen LogP contribution in [0, 0.1) is 11.3 Å². The second kappa shape index (κ2) is 8.81. The van der Waals surface area contributed by atoms with Gasteiger partial charge in [0.2, 0.25) is 0 Å². The molecule has 2 heterocycles. The van der Waals surface area contributed by atoms with Gasteiger partial charge in [-0.1, -0.05) is 36.0 Å². The molecule has 5 nitrogen and oxygen atoms in total. The van der Waals surface area contributed by atoms with Crippen molar-refractivity contribution in [2.45, 2.75) is 36.6 Å². The molecule has 160 valence electrons. The van der Waals surface area contributed by atoms with Crippen molar-refractivity contribution >= 4 is 33.3 Å². The minimum absolute atomic E-state index is 0.0290. The van der Waals surface area contributed by atoms with Crippen LogP contribution in [0.15, 0.2) is 58.5 Å². The van der Waals surface area contributed by atoms with Crippen molar-refractivity contribution in [2.75, 3.05) is 7.11 Å². The van der Waals surface area contributed by atoms with Crippen molar-refractivity contribution in [3.8, 4) is 17.5 Å². The quantitative estimate of drug-likeness (QED) is 0.291. The molecule has 2 aromatic carbocycles. The first kappa shape index (κ1) is 20.8. The second-order valence-corrected chi connectivity index (χ2v) is 9.71. The number of benzene rings is 2. The summed E-state index contributed by atoms with van der Waals surface area (Å²) in [5.41, 5.74) is 3.45. The van der Waals surface area contributed by atoms with Gasteiger partial charge in [0, 0.05) is 16.7 Å². The highest BCUT2D eigenvalue weighted by atomic mass is 32.2. The standard InChI is InChI=1S/C25H21N3O2S2/c1-30-19-10-6-9-18(13-19)28-24(29)22-20-11-4-5-12-21(20)32-23(22)27-25(28)31-15-17-8-3-2-7-16(17)14-26/h2-3,6-10,13H,4-5,11-12,15H2,1H3. The molecular formula is C25H21N3O2S2. The molecule has 0 N–H and O–H groups in total. The Balaban J connectivity index is 1.68. The Morgan fingerprint density at radius 3 is 2.88 bits per heavy atom. The van der Waals surface area contributed by atoms with E-state index in [1.54, 1.807) is 23.0 Å². The maximum absolute atomic E-state index is 13.8. The van der Waals surface area contributed by atoms with Gasteiger partial charge in [0.05, 0.1) is 29.8 Å². The first-order valence-corrected chi connectivity index (χ1v) is 12.3. The number of rotatable bonds is 5. The van der Waals surface area contributed by atoms with Crippen LogP contribution in [0.3, 0.4) is 0 Å². The summed E-state index contributed by atoms with van der Waals surface area (Å²) in [4.78, 5) is 20.9. The molecule has 0 spiro atoms. The van der Waals surface area contributed by atoms with Crippen LogP contribution in [-0.4, -0.2) is 16.7 Å². The maximum Gasteiger partial charge on any atom is 0.267 e. The normalized spacial score (nSPS) is 13.0. The van der Waals surface area contributed by atoms with Crippen molar-refractivity contribution in [1.29, 1.82) is 5.26 Å². The third-order valence-corrected chi connectivity index (χ3v) is 7.94. The van der Waals surface area contributed by atoms with Crippen LogP contribution in [0.5, 0.6) is 5.75 Å². The number of hydrogen-bond acceptors (Lipinski definition) is 6. The molecule has 0 atom stereocenters. The summed E-state index contributed by atoms with van der Waals surface area (Å²) in [5, 5.41) is 10.8. The zero-order valence-corrected chi connectivity index (χ0v) is 19.3. The first-order valence-electron chi connectivity index (χ1n) is 10.5. The number of methoxy groups -OCH3 is 1. The summed E-state index contributed by atoms with van der Waals surface area (Å²) < 4.78 is 7.10. The van der Waals surface area contributed by atoms with Crippen molar-refractivity contribution in [1.82, 2.24) is 9.55 Å². The second-order valence-electron chi connectivity index (χ2n) is 7.69. The van der Waals surface area contributed by atoms with E-state index in [-0.39, 0.29) is 5.56 Å². The van der Waals surface area contributed by atoms with Gasteiger partial charge in [0.15, 0.2) is 5.16 Å². The number of ether oxygens (including phenoxy) is 1. The zero-order chi connectivity index (χ0) is 22.1. The molecule has 5 rings (SSSR count). The number of thioether (sulfide) groups is 1. The summed E-state index contributed by atoms with van der Waals surface area (Å²) in [6, 6.07) is 17.3. The molecule has 0 amide bonds. The lowest BCUT2D eigenvalue weighted by atomic mass is 9.97. The molecule has 1 aliphatic carbocycles. The molecule has 0 aliphatic heterocycles. The molecule has 0 unspecified atom stereocenters. The van der Waals surface area contributed by atoms with Crippen molar-refractivity contribution in [3.05, 3.63) is 80.5 Å². The molecule has 1 aliphatic rings. The van der Waals surface area contributed by atoms with Crippen LogP contribution in [0.1, 0.15) is 34.4 Å². The summed E-state index contributed by atoms with van der Waals surface area (Å²) in [6.45, 7) is 0. The Bertz CT molecular complexity index is 1420. The first-order chi connectivity index (χ1) is 15.7. The van der Waals surface area contributed by atoms with Crippen molar-refractivity contribution in [3.63, 3.8) is 0 Å². The molecular weight excluding hydrogens is 438 g/mol. The molecule has 0 radical (unpaired) electrons. The lowest BCUT2D eigenvalue weighted by Crippen LogP contribution is -2.22. The predicted octanol–water partition coefficient (Wildman–Crippen LogP) is 5.50. The van der Waals surface area contributed by atoms with Gasteiger partial charge in [0.25, 0.3) is 5.56 Å². The Kier molecular flexibility index (Phi) is 5.73. The Morgan fingerprint density at radius 2 is 2.03 bits per heavy atom. The summed E-state index contributed by atoms with van der Waals surface area (Å²) in [6.07, 6.45) is 4.23. The molecule has 0 saturated carbocycles. The average molecular weight is 460 g/mol. The van der Waals surface area contributed by atoms with Crippen LogP contribution < -0.4 is 10.3 Å². The van der Waals surface area contributed by atoms with Gasteiger partial charge >= 0.3 is 0 Å². The number of fused-ring (bicyclic) bond motifs is 3. The molecule has 0 bridgehead atoms. The summed E-state index contributed by atoms with van der Waals surface area (Å²) in [5.74, 6) is 1.24. The van der Waals surface area contributed by atoms with Crippen LogP contribution >= 0.6 is 23.1 Å². The summed E-state index contributed by atoms with van der Waals surface area (Å²) in [7, 11) is 1.62. The third-order valence-electron chi connectivity index (χ3n) is 5.76. The van der Waals surface area contributed by atoms with E-state index in [2.05, 4.69) is 6.07 Å². The fraction of sp³-hybridized carbons (Fsp3) is 0.240. The Labute approximate surface area is 194 Å². The third kappa shape index (κ3) is 3.70. The van der Waals surface area contributed by atoms with E-state index in [9.17, 15) is 10.1 Å². The minimum Gasteiger partial charge on any atom is -0.497 e. The lowest BCUT2D eigenvalue weighted by molar-refractivity contribution is 0.414. The maximum atomic E-state index is 13.8. The number of aromatic nitrogens is 2. The largest absolute Gasteiger partial charge is 0.497 e. The summed E-state index contributed by atoms with van der Waals surface area (Å²) >= 11 is 3.13. The van der Waals surface area contributed by atoms with E-state index in [0.717, 1.165) is 47.2 Å². The highest BCUT2D eigenvalue weighted by Crippen LogP contribution is 2.36. The van der Waals surface area contributed by atoms with Crippen LogP contribution in [0.25, 0.3) is 15.9 Å². The number of thiophene rings is 1. The fourth-order valence-corrected chi connectivity index (χ4v) is 6.48. The van der Waals surface area contributed by atoms with Crippen LogP contribution in [0.4, 0.5) is 0 Å². The van der Waals surface area contributed by atoms with E-state index in [0.29, 0.717) is 22.2 Å². The van der Waals surface area contributed by atoms with Gasteiger partial charge in [-0.25, -0.2) is 4.98 Å². The average Bonchev–Trinajstić information content (AvgIpc) is 3.21. The topological polar surface area (TPSA) is 67.9 Å². The van der Waals surface area contributed by atoms with E-state index >= 15 is 0 Å². The monoisotopic (exact) mass is 459 g/mol. The minimum atomic E-state index is -0.0290. The number of hydrogen-bond donors (Lipinski definition) is 0. The van der Waals surface area contributed by atoms with Gasteiger partial charge in [-0.2, -0.15) is 5.26 Å². The molecule has 32 heavy (non-hydrogen) atoms. The molecule has 7 heteroatoms. The molecule has 2 aromatic heterocycles. The highest BCUT2D eigenvalue weighted by molar-refractivity contribution is 7.98. The van der Waals surface area contributed by atoms with Gasteiger partial charge < -0.3 is 4.74 Å². The van der Waals surface area contributed by atoms with Crippen molar-refractivity contribution < 1.29 is 4.74 Å². The Morgan fingerprint density at radius 1 is 1.19 bits per heavy atom. The molecule has 4 aromatic rings. The van der Waals surface area contributed by atoms with Crippen molar-refractivity contribution in [2.24, 2.45) is 0 Å². The fourth-order valence-electron chi connectivity index (χ4n) is 4.16. The van der Waals surface area contributed by atoms with Gasteiger partial charge in [-0.15, -0.1) is 11.3 Å². The lowest BCUT2D eigenvalue weighted by Gasteiger charge is -2.14. The van der Waals surface area contributed by atoms with E-state index in [4.69, 9.17) is 9.72 Å². The van der Waals surface area contributed by atoms with E-state index < -0.39 is 0 Å². The van der Waals surface area contributed by atoms with E-state index in [1.165, 1.54) is 22.2 Å². The number of aryl methyl sites for hydroxylation is 2. The van der Waals surface area contributed by atoms with Crippen LogP contribution in [-0.2, 0) is 18.6 Å². The SMILES string of the molecule is COc1cccc(-n2c(SCc3ccccc3C#N)nc3sc4c(c3c2=O)CCCC4)c1. The molecule has 0 saturated heterocycles. The van der Waals surface area contributed by atoms with E-state index in [1.807, 2.05) is 48.5 Å². The number of nitrogens with zero attached hydrogens (tertiary/aromatic N) is 3. The predicted molar refractivity (Wildman–Crippen MR) is 129 cm³/mol. The Hall–Kier alpha value is -3.08.